The van der Waals surface area contributed by atoms with Gasteiger partial charge in [-0.25, -0.2) is 0 Å². The molecule has 0 aliphatic carbocycles. The second-order valence-electron chi connectivity index (χ2n) is 4.75. The third kappa shape index (κ3) is 3.22. The number of ether oxygens (including phenoxy) is 1. The van der Waals surface area contributed by atoms with E-state index in [1.165, 1.54) is 0 Å². The molecule has 2 aromatic rings. The Kier molecular flexibility index (Phi) is 3.91. The quantitative estimate of drug-likeness (QED) is 0.843. The molecule has 2 heterocycles. The highest BCUT2D eigenvalue weighted by Crippen LogP contribution is 2.18. The fourth-order valence-electron chi connectivity index (χ4n) is 2.27. The predicted octanol–water partition coefficient (Wildman–Crippen LogP) is 2.22. The first-order chi connectivity index (χ1) is 9.42. The molecule has 1 aliphatic heterocycles. The van der Waals surface area contributed by atoms with Gasteiger partial charge >= 0.3 is 0 Å². The Morgan fingerprint density at radius 2 is 1.89 bits per heavy atom. The van der Waals surface area contributed by atoms with Crippen LogP contribution < -0.4 is 0 Å². The zero-order valence-electron chi connectivity index (χ0n) is 10.9. The molecule has 0 atom stereocenters. The molecule has 0 N–H and O–H groups in total. The Morgan fingerprint density at radius 1 is 1.11 bits per heavy atom. The maximum absolute atomic E-state index is 5.40. The monoisotopic (exact) mass is 258 g/mol. The van der Waals surface area contributed by atoms with Gasteiger partial charge in [0, 0.05) is 37.7 Å². The molecule has 0 radical (unpaired) electrons. The lowest BCUT2D eigenvalue weighted by Crippen LogP contribution is -2.37. The number of benzene rings is 1. The highest BCUT2D eigenvalue weighted by atomic mass is 16.5. The van der Waals surface area contributed by atoms with Gasteiger partial charge in [-0.3, -0.25) is 4.90 Å². The molecule has 0 unspecified atom stereocenters. The van der Waals surface area contributed by atoms with Gasteiger partial charge in [0.15, 0.2) is 0 Å². The minimum absolute atomic E-state index is 0.839. The molecule has 19 heavy (non-hydrogen) atoms. The van der Waals surface area contributed by atoms with Gasteiger partial charge < -0.3 is 9.26 Å². The van der Waals surface area contributed by atoms with Gasteiger partial charge in [-0.1, -0.05) is 35.5 Å². The molecule has 1 aliphatic rings. The van der Waals surface area contributed by atoms with Crippen LogP contribution in [0, 0.1) is 0 Å². The molecule has 4 nitrogen and oxygen atoms in total. The minimum atomic E-state index is 0.839. The van der Waals surface area contributed by atoms with Crippen molar-refractivity contribution in [2.75, 3.05) is 32.8 Å². The molecular weight excluding hydrogens is 240 g/mol. The third-order valence-corrected chi connectivity index (χ3v) is 3.41. The first-order valence-corrected chi connectivity index (χ1v) is 6.73. The molecule has 0 amide bonds. The van der Waals surface area contributed by atoms with Crippen molar-refractivity contribution in [3.05, 3.63) is 42.2 Å². The number of rotatable bonds is 4. The number of hydrogen-bond acceptors (Lipinski definition) is 4. The Bertz CT molecular complexity index is 504. The van der Waals surface area contributed by atoms with E-state index in [0.717, 1.165) is 56.3 Å². The molecule has 1 saturated heterocycles. The molecule has 0 bridgehead atoms. The van der Waals surface area contributed by atoms with E-state index in [0.29, 0.717) is 0 Å². The van der Waals surface area contributed by atoms with Crippen LogP contribution in [-0.2, 0) is 11.2 Å². The summed E-state index contributed by atoms with van der Waals surface area (Å²) < 4.78 is 10.7. The van der Waals surface area contributed by atoms with Crippen molar-refractivity contribution >= 4 is 0 Å². The zero-order chi connectivity index (χ0) is 12.9. The maximum atomic E-state index is 5.40. The van der Waals surface area contributed by atoms with E-state index in [-0.39, 0.29) is 0 Å². The molecular formula is C15H18N2O2. The van der Waals surface area contributed by atoms with Gasteiger partial charge in [0.05, 0.1) is 13.2 Å². The normalized spacial score (nSPS) is 16.6. The van der Waals surface area contributed by atoms with Crippen molar-refractivity contribution in [3.8, 4) is 11.3 Å². The van der Waals surface area contributed by atoms with Crippen LogP contribution in [0.25, 0.3) is 11.3 Å². The van der Waals surface area contributed by atoms with Crippen LogP contribution in [0.1, 0.15) is 5.76 Å². The molecule has 0 saturated carbocycles. The number of aromatic nitrogens is 1. The van der Waals surface area contributed by atoms with E-state index < -0.39 is 0 Å². The van der Waals surface area contributed by atoms with Gasteiger partial charge in [-0.2, -0.15) is 0 Å². The minimum Gasteiger partial charge on any atom is -0.379 e. The summed E-state index contributed by atoms with van der Waals surface area (Å²) in [6, 6.07) is 12.2. The SMILES string of the molecule is c1ccc(-c2cc(CCN3CCOCC3)on2)cc1. The lowest BCUT2D eigenvalue weighted by atomic mass is 10.1. The average molecular weight is 258 g/mol. The van der Waals surface area contributed by atoms with Crippen LogP contribution in [-0.4, -0.2) is 42.9 Å². The summed E-state index contributed by atoms with van der Waals surface area (Å²) in [5.41, 5.74) is 2.02. The van der Waals surface area contributed by atoms with Crippen molar-refractivity contribution in [1.82, 2.24) is 10.1 Å². The molecule has 1 aromatic heterocycles. The lowest BCUT2D eigenvalue weighted by Gasteiger charge is -2.25. The lowest BCUT2D eigenvalue weighted by molar-refractivity contribution is 0.0377. The highest BCUT2D eigenvalue weighted by molar-refractivity contribution is 5.58. The van der Waals surface area contributed by atoms with Crippen molar-refractivity contribution in [3.63, 3.8) is 0 Å². The fourth-order valence-corrected chi connectivity index (χ4v) is 2.27. The average Bonchev–Trinajstić information content (AvgIpc) is 2.96. The van der Waals surface area contributed by atoms with E-state index in [2.05, 4.69) is 10.1 Å². The molecule has 3 rings (SSSR count). The van der Waals surface area contributed by atoms with E-state index in [9.17, 15) is 0 Å². The van der Waals surface area contributed by atoms with Gasteiger partial charge in [0.2, 0.25) is 0 Å². The van der Waals surface area contributed by atoms with Crippen LogP contribution in [0.5, 0.6) is 0 Å². The summed E-state index contributed by atoms with van der Waals surface area (Å²) in [7, 11) is 0. The van der Waals surface area contributed by atoms with Crippen molar-refractivity contribution < 1.29 is 9.26 Å². The largest absolute Gasteiger partial charge is 0.379 e. The number of nitrogens with zero attached hydrogens (tertiary/aromatic N) is 2. The van der Waals surface area contributed by atoms with Gasteiger partial charge in [-0.15, -0.1) is 0 Å². The summed E-state index contributed by atoms with van der Waals surface area (Å²) in [6.45, 7) is 4.71. The summed E-state index contributed by atoms with van der Waals surface area (Å²) >= 11 is 0. The van der Waals surface area contributed by atoms with E-state index in [4.69, 9.17) is 9.26 Å². The zero-order valence-corrected chi connectivity index (χ0v) is 10.9. The predicted molar refractivity (Wildman–Crippen MR) is 72.9 cm³/mol. The van der Waals surface area contributed by atoms with Crippen LogP contribution in [0.15, 0.2) is 40.9 Å². The van der Waals surface area contributed by atoms with Gasteiger partial charge in [-0.05, 0) is 0 Å². The molecule has 100 valence electrons. The fraction of sp³-hybridized carbons (Fsp3) is 0.400. The standard InChI is InChI=1S/C15H18N2O2/c1-2-4-13(5-3-1)15-12-14(19-16-15)6-7-17-8-10-18-11-9-17/h1-5,12H,6-11H2. The van der Waals surface area contributed by atoms with Gasteiger partial charge in [0.1, 0.15) is 11.5 Å². The van der Waals surface area contributed by atoms with E-state index in [1.807, 2.05) is 36.4 Å². The highest BCUT2D eigenvalue weighted by Gasteiger charge is 2.12. The van der Waals surface area contributed by atoms with Crippen molar-refractivity contribution in [2.24, 2.45) is 0 Å². The van der Waals surface area contributed by atoms with E-state index >= 15 is 0 Å². The second kappa shape index (κ2) is 5.99. The molecule has 1 fully saturated rings. The third-order valence-electron chi connectivity index (χ3n) is 3.41. The Morgan fingerprint density at radius 3 is 2.68 bits per heavy atom. The molecule has 0 spiro atoms. The Balaban J connectivity index is 1.59. The van der Waals surface area contributed by atoms with Crippen LogP contribution in [0.3, 0.4) is 0 Å². The Hall–Kier alpha value is -1.65. The van der Waals surface area contributed by atoms with E-state index in [1.54, 1.807) is 0 Å². The first kappa shape index (κ1) is 12.4. The second-order valence-corrected chi connectivity index (χ2v) is 4.75. The van der Waals surface area contributed by atoms with Crippen molar-refractivity contribution in [1.29, 1.82) is 0 Å². The summed E-state index contributed by atoms with van der Waals surface area (Å²) in [6.07, 6.45) is 0.903. The van der Waals surface area contributed by atoms with Gasteiger partial charge in [0.25, 0.3) is 0 Å². The molecule has 4 heteroatoms. The molecule has 1 aromatic carbocycles. The maximum Gasteiger partial charge on any atom is 0.138 e. The van der Waals surface area contributed by atoms with Crippen molar-refractivity contribution in [2.45, 2.75) is 6.42 Å². The first-order valence-electron chi connectivity index (χ1n) is 6.73. The van der Waals surface area contributed by atoms with Crippen LogP contribution in [0.2, 0.25) is 0 Å². The van der Waals surface area contributed by atoms with Crippen LogP contribution in [0.4, 0.5) is 0 Å². The summed E-state index contributed by atoms with van der Waals surface area (Å²) in [5.74, 6) is 0.949. The van der Waals surface area contributed by atoms with Crippen LogP contribution >= 0.6 is 0 Å². The summed E-state index contributed by atoms with van der Waals surface area (Å²) in [4.78, 5) is 2.40. The Labute approximate surface area is 113 Å². The smallest absolute Gasteiger partial charge is 0.138 e. The topological polar surface area (TPSA) is 38.5 Å². The number of hydrogen-bond donors (Lipinski definition) is 0. The number of morpholine rings is 1. The summed E-state index contributed by atoms with van der Waals surface area (Å²) in [5, 5.41) is 4.13.